The summed E-state index contributed by atoms with van der Waals surface area (Å²) in [6, 6.07) is 13.2. The number of anilines is 1. The first-order valence-electron chi connectivity index (χ1n) is 7.43. The maximum Gasteiger partial charge on any atom is 0.233 e. The molecule has 8 heteroatoms. The van der Waals surface area contributed by atoms with E-state index >= 15 is 0 Å². The number of nitrogens with one attached hydrogen (secondary N) is 1. The number of halogens is 2. The maximum absolute atomic E-state index is 12.9. The second-order valence-electron chi connectivity index (χ2n) is 5.15. The summed E-state index contributed by atoms with van der Waals surface area (Å²) in [5.41, 5.74) is 0.680. The molecule has 0 fully saturated rings. The molecule has 0 aliphatic carbocycles. The Morgan fingerprint density at radius 3 is 2.36 bits per heavy atom. The lowest BCUT2D eigenvalue weighted by atomic mass is 10.2. The average Bonchev–Trinajstić information content (AvgIpc) is 3.01. The van der Waals surface area contributed by atoms with Gasteiger partial charge in [-0.05, 0) is 55.5 Å². The van der Waals surface area contributed by atoms with Crippen LogP contribution in [0.3, 0.4) is 0 Å². The lowest BCUT2D eigenvalue weighted by Crippen LogP contribution is -2.07. The Morgan fingerprint density at radius 1 is 1.12 bits per heavy atom. The minimum Gasteiger partial charge on any atom is -0.419 e. The summed E-state index contributed by atoms with van der Waals surface area (Å²) in [5, 5.41) is 3.24. The van der Waals surface area contributed by atoms with Gasteiger partial charge in [-0.2, -0.15) is 4.98 Å². The van der Waals surface area contributed by atoms with E-state index in [1.54, 1.807) is 12.1 Å². The maximum atomic E-state index is 12.9. The molecule has 0 aliphatic heterocycles. The Labute approximate surface area is 159 Å². The van der Waals surface area contributed by atoms with E-state index in [0.717, 1.165) is 4.47 Å². The minimum absolute atomic E-state index is 0.103. The van der Waals surface area contributed by atoms with Crippen LogP contribution < -0.4 is 5.32 Å². The lowest BCUT2D eigenvalue weighted by molar-refractivity contribution is 0.578. The monoisotopic (exact) mass is 440 g/mol. The van der Waals surface area contributed by atoms with Gasteiger partial charge < -0.3 is 9.73 Å². The van der Waals surface area contributed by atoms with Crippen LogP contribution in [0.1, 0.15) is 6.92 Å². The van der Waals surface area contributed by atoms with E-state index in [-0.39, 0.29) is 21.7 Å². The highest BCUT2D eigenvalue weighted by molar-refractivity contribution is 9.10. The quantitative estimate of drug-likeness (QED) is 0.602. The fourth-order valence-electron chi connectivity index (χ4n) is 2.20. The summed E-state index contributed by atoms with van der Waals surface area (Å²) < 4.78 is 32.4. The predicted molar refractivity (Wildman–Crippen MR) is 101 cm³/mol. The second kappa shape index (κ2) is 7.19. The molecule has 5 nitrogen and oxygen atoms in total. The largest absolute Gasteiger partial charge is 0.419 e. The molecule has 0 spiro atoms. The zero-order chi connectivity index (χ0) is 18.0. The van der Waals surface area contributed by atoms with Crippen molar-refractivity contribution in [1.82, 2.24) is 4.98 Å². The third kappa shape index (κ3) is 3.73. The summed E-state index contributed by atoms with van der Waals surface area (Å²) in [6.07, 6.45) is 0. The second-order valence-corrected chi connectivity index (χ2v) is 8.36. The Hall–Kier alpha value is -1.83. The van der Waals surface area contributed by atoms with Gasteiger partial charge in [-0.15, -0.1) is 0 Å². The van der Waals surface area contributed by atoms with Crippen molar-refractivity contribution in [3.63, 3.8) is 0 Å². The van der Waals surface area contributed by atoms with Crippen LogP contribution in [0.4, 0.5) is 5.88 Å². The molecule has 3 aromatic rings. The molecule has 25 heavy (non-hydrogen) atoms. The molecule has 0 radical (unpaired) electrons. The fourth-order valence-corrected chi connectivity index (χ4v) is 3.87. The van der Waals surface area contributed by atoms with Gasteiger partial charge in [-0.1, -0.05) is 27.5 Å². The molecular formula is C17H14BrClN2O3S. The molecule has 0 saturated carbocycles. The number of hydrogen-bond acceptors (Lipinski definition) is 5. The standard InChI is InChI=1S/C17H14BrClN2O3S/c1-2-20-16-17(25(22,23)14-9-7-13(19)8-10-14)21-15(24-16)11-3-5-12(18)6-4-11/h3-10,20H,2H2,1H3. The van der Waals surface area contributed by atoms with Gasteiger partial charge in [0.2, 0.25) is 26.6 Å². The molecule has 0 atom stereocenters. The van der Waals surface area contributed by atoms with Gasteiger partial charge in [-0.25, -0.2) is 8.42 Å². The molecule has 3 rings (SSSR count). The van der Waals surface area contributed by atoms with Crippen LogP contribution in [-0.2, 0) is 9.84 Å². The van der Waals surface area contributed by atoms with Crippen molar-refractivity contribution in [1.29, 1.82) is 0 Å². The molecule has 0 unspecified atom stereocenters. The number of benzene rings is 2. The Balaban J connectivity index is 2.11. The SMILES string of the molecule is CCNc1oc(-c2ccc(Br)cc2)nc1S(=O)(=O)c1ccc(Cl)cc1. The number of oxazole rings is 1. The number of nitrogens with zero attached hydrogens (tertiary/aromatic N) is 1. The Kier molecular flexibility index (Phi) is 5.17. The van der Waals surface area contributed by atoms with E-state index in [0.29, 0.717) is 17.1 Å². The van der Waals surface area contributed by atoms with Gasteiger partial charge in [0, 0.05) is 21.6 Å². The fraction of sp³-hybridized carbons (Fsp3) is 0.118. The van der Waals surface area contributed by atoms with Crippen molar-refractivity contribution in [2.75, 3.05) is 11.9 Å². The zero-order valence-electron chi connectivity index (χ0n) is 13.2. The van der Waals surface area contributed by atoms with Crippen LogP contribution in [0.15, 0.2) is 67.3 Å². The molecule has 0 aliphatic rings. The Morgan fingerprint density at radius 2 is 1.76 bits per heavy atom. The van der Waals surface area contributed by atoms with Crippen LogP contribution in [-0.4, -0.2) is 19.9 Å². The number of aromatic nitrogens is 1. The van der Waals surface area contributed by atoms with Crippen molar-refractivity contribution >= 4 is 43.3 Å². The first-order valence-corrected chi connectivity index (χ1v) is 10.1. The molecule has 1 aromatic heterocycles. The summed E-state index contributed by atoms with van der Waals surface area (Å²) in [4.78, 5) is 4.34. The van der Waals surface area contributed by atoms with Gasteiger partial charge in [0.1, 0.15) is 0 Å². The van der Waals surface area contributed by atoms with E-state index in [1.807, 2.05) is 19.1 Å². The van der Waals surface area contributed by atoms with E-state index < -0.39 is 9.84 Å². The lowest BCUT2D eigenvalue weighted by Gasteiger charge is -2.04. The molecule has 1 heterocycles. The number of rotatable bonds is 5. The van der Waals surface area contributed by atoms with Crippen LogP contribution in [0.25, 0.3) is 11.5 Å². The summed E-state index contributed by atoms with van der Waals surface area (Å²) in [6.45, 7) is 2.35. The molecule has 2 aromatic carbocycles. The molecular weight excluding hydrogens is 428 g/mol. The number of hydrogen-bond donors (Lipinski definition) is 1. The van der Waals surface area contributed by atoms with Gasteiger partial charge in [0.15, 0.2) is 0 Å². The molecule has 0 bridgehead atoms. The van der Waals surface area contributed by atoms with Crippen molar-refractivity contribution in [2.24, 2.45) is 0 Å². The van der Waals surface area contributed by atoms with Crippen molar-refractivity contribution in [3.05, 3.63) is 58.0 Å². The number of sulfone groups is 1. The van der Waals surface area contributed by atoms with Crippen LogP contribution in [0.2, 0.25) is 5.02 Å². The van der Waals surface area contributed by atoms with Gasteiger partial charge in [0.25, 0.3) is 0 Å². The van der Waals surface area contributed by atoms with Crippen molar-refractivity contribution in [3.8, 4) is 11.5 Å². The highest BCUT2D eigenvalue weighted by Gasteiger charge is 2.28. The molecule has 1 N–H and O–H groups in total. The van der Waals surface area contributed by atoms with Crippen molar-refractivity contribution < 1.29 is 12.8 Å². The normalized spacial score (nSPS) is 11.5. The minimum atomic E-state index is -3.84. The highest BCUT2D eigenvalue weighted by Crippen LogP contribution is 2.33. The zero-order valence-corrected chi connectivity index (χ0v) is 16.3. The van der Waals surface area contributed by atoms with E-state index in [2.05, 4.69) is 26.2 Å². The third-order valence-corrected chi connectivity index (χ3v) is 5.86. The van der Waals surface area contributed by atoms with E-state index in [9.17, 15) is 8.42 Å². The highest BCUT2D eigenvalue weighted by atomic mass is 79.9. The van der Waals surface area contributed by atoms with Crippen LogP contribution in [0.5, 0.6) is 0 Å². The van der Waals surface area contributed by atoms with E-state index in [1.165, 1.54) is 24.3 Å². The predicted octanol–water partition coefficient (Wildman–Crippen LogP) is 5.02. The first kappa shape index (κ1) is 18.0. The first-order chi connectivity index (χ1) is 11.9. The molecule has 130 valence electrons. The molecule has 0 saturated heterocycles. The van der Waals surface area contributed by atoms with Crippen LogP contribution >= 0.6 is 27.5 Å². The van der Waals surface area contributed by atoms with Crippen LogP contribution in [0, 0.1) is 0 Å². The summed E-state index contributed by atoms with van der Waals surface area (Å²) in [5.74, 6) is 0.353. The third-order valence-electron chi connectivity index (χ3n) is 3.40. The van der Waals surface area contributed by atoms with Gasteiger partial charge >= 0.3 is 0 Å². The van der Waals surface area contributed by atoms with Gasteiger partial charge in [0.05, 0.1) is 4.90 Å². The van der Waals surface area contributed by atoms with E-state index in [4.69, 9.17) is 16.0 Å². The topological polar surface area (TPSA) is 72.2 Å². The van der Waals surface area contributed by atoms with Gasteiger partial charge in [-0.3, -0.25) is 0 Å². The smallest absolute Gasteiger partial charge is 0.233 e. The van der Waals surface area contributed by atoms with Crippen molar-refractivity contribution in [2.45, 2.75) is 16.8 Å². The summed E-state index contributed by atoms with van der Waals surface area (Å²) in [7, 11) is -3.84. The Bertz CT molecular complexity index is 984. The summed E-state index contributed by atoms with van der Waals surface area (Å²) >= 11 is 9.20. The molecule has 0 amide bonds. The average molecular weight is 442 g/mol.